The number of halogens is 1. The van der Waals surface area contributed by atoms with Crippen molar-refractivity contribution in [2.24, 2.45) is 0 Å². The Morgan fingerprint density at radius 2 is 2.04 bits per heavy atom. The van der Waals surface area contributed by atoms with Crippen LogP contribution in [0.3, 0.4) is 0 Å². The number of rotatable bonds is 6. The molecule has 1 amide bonds. The summed E-state index contributed by atoms with van der Waals surface area (Å²) in [5.74, 6) is -0.254. The zero-order valence-electron chi connectivity index (χ0n) is 14.7. The molecule has 1 atom stereocenters. The van der Waals surface area contributed by atoms with Crippen LogP contribution in [0, 0.1) is 6.92 Å². The Bertz CT molecular complexity index is 908. The normalized spacial score (nSPS) is 12.0. The summed E-state index contributed by atoms with van der Waals surface area (Å²) in [6.45, 7) is 4.35. The minimum Gasteiger partial charge on any atom is -0.348 e. The molecule has 0 aliphatic rings. The number of nitrogens with zero attached hydrogens (tertiary/aromatic N) is 4. The smallest absolute Gasteiger partial charge is 0.273 e. The fraction of sp³-hybridized carbons (Fsp3) is 0.263. The molecule has 2 aromatic heterocycles. The highest BCUT2D eigenvalue weighted by Gasteiger charge is 2.15. The second kappa shape index (κ2) is 8.10. The van der Waals surface area contributed by atoms with Crippen molar-refractivity contribution in [3.8, 4) is 0 Å². The Morgan fingerprint density at radius 3 is 2.81 bits per heavy atom. The highest BCUT2D eigenvalue weighted by atomic mass is 35.5. The van der Waals surface area contributed by atoms with E-state index in [0.29, 0.717) is 18.0 Å². The summed E-state index contributed by atoms with van der Waals surface area (Å²) in [5, 5.41) is 11.6. The summed E-state index contributed by atoms with van der Waals surface area (Å²) in [7, 11) is 0. The van der Waals surface area contributed by atoms with Crippen LogP contribution in [0.15, 0.2) is 48.7 Å². The molecule has 3 aromatic rings. The van der Waals surface area contributed by atoms with Crippen LogP contribution in [0.2, 0.25) is 5.02 Å². The molecule has 1 unspecified atom stereocenters. The van der Waals surface area contributed by atoms with Gasteiger partial charge in [-0.1, -0.05) is 41.1 Å². The van der Waals surface area contributed by atoms with Gasteiger partial charge < -0.3 is 5.32 Å². The zero-order valence-corrected chi connectivity index (χ0v) is 15.4. The molecule has 0 bridgehead atoms. The first kappa shape index (κ1) is 18.1. The van der Waals surface area contributed by atoms with Gasteiger partial charge in [0.1, 0.15) is 0 Å². The van der Waals surface area contributed by atoms with E-state index >= 15 is 0 Å². The summed E-state index contributed by atoms with van der Waals surface area (Å²) in [6, 6.07) is 13.3. The average molecular weight is 370 g/mol. The third-order valence-corrected chi connectivity index (χ3v) is 4.27. The van der Waals surface area contributed by atoms with Crippen molar-refractivity contribution in [3.63, 3.8) is 0 Å². The predicted octanol–water partition coefficient (Wildman–Crippen LogP) is 3.04. The van der Waals surface area contributed by atoms with Gasteiger partial charge in [0.05, 0.1) is 12.7 Å². The van der Waals surface area contributed by atoms with Gasteiger partial charge in [-0.3, -0.25) is 9.78 Å². The number of aromatic nitrogens is 4. The first-order valence-corrected chi connectivity index (χ1v) is 8.76. The van der Waals surface area contributed by atoms with Gasteiger partial charge in [0.2, 0.25) is 0 Å². The molecule has 6 nitrogen and oxygen atoms in total. The Labute approximate surface area is 157 Å². The molecule has 3 rings (SSSR count). The van der Waals surface area contributed by atoms with Crippen molar-refractivity contribution in [3.05, 3.63) is 76.3 Å². The largest absolute Gasteiger partial charge is 0.348 e. The average Bonchev–Trinajstić information content (AvgIpc) is 3.05. The molecule has 0 saturated carbocycles. The van der Waals surface area contributed by atoms with E-state index in [4.69, 9.17) is 11.6 Å². The minimum atomic E-state index is -0.254. The predicted molar refractivity (Wildman–Crippen MR) is 100 cm³/mol. The number of amides is 1. The number of carbonyl (C=O) groups excluding carboxylic acids is 1. The van der Waals surface area contributed by atoms with Crippen LogP contribution < -0.4 is 5.32 Å². The maximum absolute atomic E-state index is 12.4. The molecule has 0 radical (unpaired) electrons. The fourth-order valence-electron chi connectivity index (χ4n) is 2.66. The Kier molecular flexibility index (Phi) is 5.63. The summed E-state index contributed by atoms with van der Waals surface area (Å²) < 4.78 is 1.60. The second-order valence-corrected chi connectivity index (χ2v) is 6.65. The van der Waals surface area contributed by atoms with Gasteiger partial charge in [0, 0.05) is 28.9 Å². The molecule has 7 heteroatoms. The van der Waals surface area contributed by atoms with E-state index in [9.17, 15) is 4.79 Å². The highest BCUT2D eigenvalue weighted by Crippen LogP contribution is 2.15. The summed E-state index contributed by atoms with van der Waals surface area (Å²) >= 11 is 6.15. The molecule has 1 N–H and O–H groups in total. The van der Waals surface area contributed by atoms with Gasteiger partial charge >= 0.3 is 0 Å². The van der Waals surface area contributed by atoms with Crippen LogP contribution in [0.1, 0.15) is 34.4 Å². The zero-order chi connectivity index (χ0) is 18.5. The van der Waals surface area contributed by atoms with Gasteiger partial charge in [0.25, 0.3) is 5.91 Å². The molecule has 0 aliphatic carbocycles. The number of aryl methyl sites for hydroxylation is 1. The van der Waals surface area contributed by atoms with Crippen molar-refractivity contribution in [2.45, 2.75) is 32.9 Å². The van der Waals surface area contributed by atoms with Crippen LogP contribution >= 0.6 is 11.6 Å². The molecule has 0 aliphatic heterocycles. The number of nitrogens with one attached hydrogen (secondary N) is 1. The quantitative estimate of drug-likeness (QED) is 0.724. The second-order valence-electron chi connectivity index (χ2n) is 6.24. The van der Waals surface area contributed by atoms with Gasteiger partial charge in [-0.05, 0) is 37.6 Å². The molecular weight excluding hydrogens is 350 g/mol. The van der Waals surface area contributed by atoms with E-state index in [2.05, 4.69) is 20.6 Å². The SMILES string of the molecule is Cc1cccc(CC(C)NC(=O)c2cn(Cc3ccccc3Cl)nn2)n1. The molecular formula is C19H20ClN5O. The summed E-state index contributed by atoms with van der Waals surface area (Å²) in [4.78, 5) is 16.8. The van der Waals surface area contributed by atoms with E-state index in [1.54, 1.807) is 10.9 Å². The third-order valence-electron chi connectivity index (χ3n) is 3.90. The molecule has 0 fully saturated rings. The van der Waals surface area contributed by atoms with Crippen molar-refractivity contribution < 1.29 is 4.79 Å². The van der Waals surface area contributed by atoms with Crippen LogP contribution in [-0.2, 0) is 13.0 Å². The lowest BCUT2D eigenvalue weighted by molar-refractivity contribution is 0.0935. The third kappa shape index (κ3) is 4.67. The Hall–Kier alpha value is -2.73. The summed E-state index contributed by atoms with van der Waals surface area (Å²) in [6.07, 6.45) is 2.28. The van der Waals surface area contributed by atoms with Crippen LogP contribution in [0.25, 0.3) is 0 Å². The summed E-state index contributed by atoms with van der Waals surface area (Å²) in [5.41, 5.74) is 3.11. The van der Waals surface area contributed by atoms with Gasteiger partial charge in [0.15, 0.2) is 5.69 Å². The monoisotopic (exact) mass is 369 g/mol. The number of benzene rings is 1. The first-order valence-electron chi connectivity index (χ1n) is 8.38. The Balaban J connectivity index is 1.60. The fourth-order valence-corrected chi connectivity index (χ4v) is 2.85. The van der Waals surface area contributed by atoms with E-state index in [0.717, 1.165) is 17.0 Å². The molecule has 2 heterocycles. The van der Waals surface area contributed by atoms with Crippen molar-refractivity contribution in [1.82, 2.24) is 25.3 Å². The van der Waals surface area contributed by atoms with Gasteiger partial charge in [-0.2, -0.15) is 0 Å². The lowest BCUT2D eigenvalue weighted by Crippen LogP contribution is -2.34. The van der Waals surface area contributed by atoms with Crippen molar-refractivity contribution in [1.29, 1.82) is 0 Å². The topological polar surface area (TPSA) is 72.7 Å². The van der Waals surface area contributed by atoms with Crippen LogP contribution in [-0.4, -0.2) is 31.9 Å². The van der Waals surface area contributed by atoms with E-state index in [-0.39, 0.29) is 17.6 Å². The number of hydrogen-bond acceptors (Lipinski definition) is 4. The molecule has 1 aromatic carbocycles. The van der Waals surface area contributed by atoms with Crippen LogP contribution in [0.5, 0.6) is 0 Å². The molecule has 0 spiro atoms. The maximum Gasteiger partial charge on any atom is 0.273 e. The maximum atomic E-state index is 12.4. The van der Waals surface area contributed by atoms with Gasteiger partial charge in [-0.25, -0.2) is 4.68 Å². The number of carbonyl (C=O) groups is 1. The minimum absolute atomic E-state index is 0.0643. The highest BCUT2D eigenvalue weighted by molar-refractivity contribution is 6.31. The molecule has 0 saturated heterocycles. The van der Waals surface area contributed by atoms with Crippen molar-refractivity contribution >= 4 is 17.5 Å². The number of pyridine rings is 1. The molecule has 134 valence electrons. The van der Waals surface area contributed by atoms with Gasteiger partial charge in [-0.15, -0.1) is 5.10 Å². The standard InChI is InChI=1S/C19H20ClN5O/c1-13-6-5-8-16(21-13)10-14(2)22-19(26)18-12-25(24-23-18)11-15-7-3-4-9-17(15)20/h3-9,12,14H,10-11H2,1-2H3,(H,22,26). The van der Waals surface area contributed by atoms with E-state index in [1.165, 1.54) is 0 Å². The first-order chi connectivity index (χ1) is 12.5. The number of hydrogen-bond donors (Lipinski definition) is 1. The Morgan fingerprint density at radius 1 is 1.23 bits per heavy atom. The van der Waals surface area contributed by atoms with Crippen LogP contribution in [0.4, 0.5) is 0 Å². The van der Waals surface area contributed by atoms with Crippen molar-refractivity contribution in [2.75, 3.05) is 0 Å². The lowest BCUT2D eigenvalue weighted by atomic mass is 10.1. The van der Waals surface area contributed by atoms with E-state index in [1.807, 2.05) is 56.3 Å². The lowest BCUT2D eigenvalue weighted by Gasteiger charge is -2.12. The van der Waals surface area contributed by atoms with E-state index < -0.39 is 0 Å². The molecule has 26 heavy (non-hydrogen) atoms.